The zero-order chi connectivity index (χ0) is 24.2. The second-order valence-corrected chi connectivity index (χ2v) is 8.32. The molecule has 0 aliphatic carbocycles. The summed E-state index contributed by atoms with van der Waals surface area (Å²) in [4.78, 5) is 28.1. The maximum absolute atomic E-state index is 14.0. The number of hydrogen-bond donors (Lipinski definition) is 2. The highest BCUT2D eigenvalue weighted by Gasteiger charge is 2.22. The molecule has 0 unspecified atom stereocenters. The van der Waals surface area contributed by atoms with Crippen LogP contribution in [0.1, 0.15) is 29.9 Å². The van der Waals surface area contributed by atoms with Crippen molar-refractivity contribution >= 4 is 29.1 Å². The molecule has 1 amide bonds. The number of carbonyl (C=O) groups is 2. The summed E-state index contributed by atoms with van der Waals surface area (Å²) < 4.78 is 24.6. The van der Waals surface area contributed by atoms with E-state index in [0.717, 1.165) is 5.56 Å². The van der Waals surface area contributed by atoms with Crippen molar-refractivity contribution in [2.75, 3.05) is 5.32 Å². The van der Waals surface area contributed by atoms with E-state index in [0.29, 0.717) is 33.4 Å². The SMILES string of the molecule is Cc1onc(-c2csc(-c3cccc(CC(=O)O)c3)n2)c1NC(=O)O[C@H](C)c1ccccc1F. The van der Waals surface area contributed by atoms with Gasteiger partial charge >= 0.3 is 12.1 Å². The molecule has 0 fully saturated rings. The lowest BCUT2D eigenvalue weighted by molar-refractivity contribution is -0.136. The highest BCUT2D eigenvalue weighted by molar-refractivity contribution is 7.13. The Balaban J connectivity index is 1.52. The third-order valence-electron chi connectivity index (χ3n) is 4.99. The number of aliphatic carboxylic acids is 1. The van der Waals surface area contributed by atoms with E-state index in [9.17, 15) is 14.0 Å². The fourth-order valence-corrected chi connectivity index (χ4v) is 4.16. The van der Waals surface area contributed by atoms with Crippen LogP contribution in [0, 0.1) is 12.7 Å². The maximum Gasteiger partial charge on any atom is 0.412 e. The van der Waals surface area contributed by atoms with E-state index in [2.05, 4.69) is 15.5 Å². The maximum atomic E-state index is 14.0. The van der Waals surface area contributed by atoms with Crippen LogP contribution >= 0.6 is 11.3 Å². The molecule has 2 N–H and O–H groups in total. The van der Waals surface area contributed by atoms with Crippen LogP contribution in [0.4, 0.5) is 14.9 Å². The van der Waals surface area contributed by atoms with E-state index in [4.69, 9.17) is 14.4 Å². The third kappa shape index (κ3) is 5.12. The number of nitrogens with zero attached hydrogens (tertiary/aromatic N) is 2. The number of carbonyl (C=O) groups excluding carboxylic acids is 1. The van der Waals surface area contributed by atoms with Crippen LogP contribution in [0.2, 0.25) is 0 Å². The Bertz CT molecular complexity index is 1350. The topological polar surface area (TPSA) is 115 Å². The smallest absolute Gasteiger partial charge is 0.412 e. The number of anilines is 1. The van der Waals surface area contributed by atoms with Crippen molar-refractivity contribution in [3.8, 4) is 22.0 Å². The van der Waals surface area contributed by atoms with Gasteiger partial charge in [0.25, 0.3) is 0 Å². The number of hydrogen-bond acceptors (Lipinski definition) is 7. The summed E-state index contributed by atoms with van der Waals surface area (Å²) in [6.07, 6.45) is -1.69. The van der Waals surface area contributed by atoms with E-state index in [-0.39, 0.29) is 12.0 Å². The number of halogens is 1. The van der Waals surface area contributed by atoms with E-state index >= 15 is 0 Å². The Morgan fingerprint density at radius 2 is 2.03 bits per heavy atom. The van der Waals surface area contributed by atoms with Crippen molar-refractivity contribution in [3.63, 3.8) is 0 Å². The molecule has 0 aliphatic rings. The van der Waals surface area contributed by atoms with Gasteiger partial charge in [-0.15, -0.1) is 11.3 Å². The standard InChI is InChI=1S/C24H20FN3O5S/c1-13(17-8-3-4-9-18(17)25)32-24(31)27-21-14(2)33-28-22(21)19-12-34-23(26-19)16-7-5-6-15(10-16)11-20(29)30/h3-10,12-13H,11H2,1-2H3,(H,27,31)(H,29,30)/t13-/m1/s1. The number of aromatic nitrogens is 2. The van der Waals surface area contributed by atoms with Gasteiger partial charge in [0.1, 0.15) is 28.3 Å². The number of carboxylic acids is 1. The van der Waals surface area contributed by atoms with E-state index in [1.807, 2.05) is 6.07 Å². The predicted molar refractivity (Wildman–Crippen MR) is 124 cm³/mol. The lowest BCUT2D eigenvalue weighted by Gasteiger charge is -2.14. The summed E-state index contributed by atoms with van der Waals surface area (Å²) in [5.41, 5.74) is 2.77. The second kappa shape index (κ2) is 9.84. The van der Waals surface area contributed by atoms with Crippen LogP contribution in [-0.2, 0) is 16.0 Å². The predicted octanol–water partition coefficient (Wildman–Crippen LogP) is 5.85. The van der Waals surface area contributed by atoms with Crippen LogP contribution in [0.25, 0.3) is 22.0 Å². The fourth-order valence-electron chi connectivity index (χ4n) is 3.36. The molecule has 0 radical (unpaired) electrons. The number of carboxylic acid groups (broad SMARTS) is 1. The first-order chi connectivity index (χ1) is 16.3. The number of thiazole rings is 1. The minimum Gasteiger partial charge on any atom is -0.481 e. The summed E-state index contributed by atoms with van der Waals surface area (Å²) in [7, 11) is 0. The van der Waals surface area contributed by atoms with Crippen LogP contribution in [0.5, 0.6) is 0 Å². The molecule has 34 heavy (non-hydrogen) atoms. The minimum absolute atomic E-state index is 0.0873. The largest absolute Gasteiger partial charge is 0.481 e. The first-order valence-corrected chi connectivity index (χ1v) is 11.1. The van der Waals surface area contributed by atoms with Gasteiger partial charge in [0.15, 0.2) is 11.5 Å². The molecule has 0 spiro atoms. The van der Waals surface area contributed by atoms with Gasteiger partial charge in [-0.25, -0.2) is 14.2 Å². The number of rotatable bonds is 7. The van der Waals surface area contributed by atoms with Crippen LogP contribution in [0.15, 0.2) is 58.4 Å². The van der Waals surface area contributed by atoms with Gasteiger partial charge in [0.05, 0.1) is 6.42 Å². The van der Waals surface area contributed by atoms with Gasteiger partial charge in [-0.3, -0.25) is 10.1 Å². The van der Waals surface area contributed by atoms with E-state index in [1.54, 1.807) is 55.6 Å². The first-order valence-electron chi connectivity index (χ1n) is 10.3. The molecule has 0 bridgehead atoms. The van der Waals surface area contributed by atoms with Crippen molar-refractivity contribution in [1.29, 1.82) is 0 Å². The van der Waals surface area contributed by atoms with Gasteiger partial charge in [-0.05, 0) is 31.5 Å². The quantitative estimate of drug-likeness (QED) is 0.340. The van der Waals surface area contributed by atoms with Crippen LogP contribution in [0.3, 0.4) is 0 Å². The summed E-state index contributed by atoms with van der Waals surface area (Å²) in [5, 5.41) is 18.1. The van der Waals surface area contributed by atoms with Crippen molar-refractivity contribution in [1.82, 2.24) is 10.1 Å². The van der Waals surface area contributed by atoms with Crippen LogP contribution < -0.4 is 5.32 Å². The Morgan fingerprint density at radius 3 is 2.79 bits per heavy atom. The Labute approximate surface area is 198 Å². The number of amides is 1. The zero-order valence-electron chi connectivity index (χ0n) is 18.2. The molecule has 10 heteroatoms. The van der Waals surface area contributed by atoms with Gasteiger partial charge in [-0.1, -0.05) is 41.6 Å². The monoisotopic (exact) mass is 481 g/mol. The number of ether oxygens (including phenoxy) is 1. The first kappa shape index (κ1) is 23.1. The van der Waals surface area contributed by atoms with Crippen molar-refractivity contribution in [2.45, 2.75) is 26.4 Å². The Morgan fingerprint density at radius 1 is 1.24 bits per heavy atom. The zero-order valence-corrected chi connectivity index (χ0v) is 19.1. The van der Waals surface area contributed by atoms with Gasteiger partial charge in [-0.2, -0.15) is 0 Å². The summed E-state index contributed by atoms with van der Waals surface area (Å²) >= 11 is 1.35. The van der Waals surface area contributed by atoms with Gasteiger partial charge in [0.2, 0.25) is 0 Å². The van der Waals surface area contributed by atoms with Gasteiger partial charge < -0.3 is 14.4 Å². The second-order valence-electron chi connectivity index (χ2n) is 7.47. The number of nitrogens with one attached hydrogen (secondary N) is 1. The summed E-state index contributed by atoms with van der Waals surface area (Å²) in [6, 6.07) is 13.2. The molecule has 8 nitrogen and oxygen atoms in total. The van der Waals surface area contributed by atoms with Gasteiger partial charge in [0, 0.05) is 16.5 Å². The van der Waals surface area contributed by atoms with E-state index in [1.165, 1.54) is 17.4 Å². The average Bonchev–Trinajstić information content (AvgIpc) is 3.41. The number of aryl methyl sites for hydroxylation is 1. The Kier molecular flexibility index (Phi) is 6.69. The minimum atomic E-state index is -0.915. The lowest BCUT2D eigenvalue weighted by Crippen LogP contribution is -2.17. The lowest BCUT2D eigenvalue weighted by atomic mass is 10.1. The molecule has 0 saturated carbocycles. The highest BCUT2D eigenvalue weighted by atomic mass is 32.1. The fraction of sp³-hybridized carbons (Fsp3) is 0.167. The molecular weight excluding hydrogens is 461 g/mol. The molecule has 0 aliphatic heterocycles. The average molecular weight is 482 g/mol. The normalized spacial score (nSPS) is 11.7. The molecule has 2 heterocycles. The Hall–Kier alpha value is -4.05. The van der Waals surface area contributed by atoms with Crippen molar-refractivity contribution in [2.24, 2.45) is 0 Å². The molecular formula is C24H20FN3O5S. The van der Waals surface area contributed by atoms with Crippen molar-refractivity contribution < 1.29 is 28.3 Å². The molecule has 4 aromatic rings. The van der Waals surface area contributed by atoms with Crippen LogP contribution in [-0.4, -0.2) is 27.3 Å². The number of benzene rings is 2. The molecule has 1 atom stereocenters. The summed E-state index contributed by atoms with van der Waals surface area (Å²) in [6.45, 7) is 3.21. The molecule has 4 rings (SSSR count). The molecule has 174 valence electrons. The summed E-state index contributed by atoms with van der Waals surface area (Å²) in [5.74, 6) is -1.03. The molecule has 2 aromatic heterocycles. The third-order valence-corrected chi connectivity index (χ3v) is 5.88. The molecule has 0 saturated heterocycles. The molecule has 2 aromatic carbocycles. The van der Waals surface area contributed by atoms with E-state index < -0.39 is 24.0 Å². The van der Waals surface area contributed by atoms with Crippen molar-refractivity contribution in [3.05, 3.63) is 76.6 Å². The highest BCUT2D eigenvalue weighted by Crippen LogP contribution is 2.34.